The van der Waals surface area contributed by atoms with E-state index in [2.05, 4.69) is 15.9 Å². The minimum atomic E-state index is -1.18. The minimum Gasteiger partial charge on any atom is -0.488 e. The number of halogens is 3. The number of carboxylic acids is 1. The first-order valence-electron chi connectivity index (χ1n) is 5.57. The number of carbonyl (C=O) groups is 1. The molecule has 0 fully saturated rings. The molecular weight excluding hydrogens is 334 g/mol. The fourth-order valence-electron chi connectivity index (χ4n) is 1.62. The van der Waals surface area contributed by atoms with Crippen molar-refractivity contribution in [3.8, 4) is 5.75 Å². The van der Waals surface area contributed by atoms with Crippen LogP contribution in [0.4, 0.5) is 8.78 Å². The summed E-state index contributed by atoms with van der Waals surface area (Å²) in [4.78, 5) is 11.1. The van der Waals surface area contributed by atoms with Crippen LogP contribution in [0.5, 0.6) is 5.75 Å². The Hall–Kier alpha value is -1.95. The highest BCUT2D eigenvalue weighted by molar-refractivity contribution is 9.10. The monoisotopic (exact) mass is 342 g/mol. The van der Waals surface area contributed by atoms with Crippen LogP contribution in [0, 0.1) is 11.6 Å². The van der Waals surface area contributed by atoms with Crippen LogP contribution in [0.15, 0.2) is 40.9 Å². The lowest BCUT2D eigenvalue weighted by molar-refractivity contribution is 0.0691. The van der Waals surface area contributed by atoms with Crippen LogP contribution in [0.2, 0.25) is 0 Å². The number of rotatable bonds is 4. The van der Waals surface area contributed by atoms with E-state index >= 15 is 0 Å². The van der Waals surface area contributed by atoms with Crippen molar-refractivity contribution in [2.75, 3.05) is 0 Å². The lowest BCUT2D eigenvalue weighted by Crippen LogP contribution is -2.06. The molecule has 0 atom stereocenters. The van der Waals surface area contributed by atoms with E-state index in [0.29, 0.717) is 4.47 Å². The number of hydrogen-bond donors (Lipinski definition) is 1. The van der Waals surface area contributed by atoms with E-state index in [4.69, 9.17) is 9.84 Å². The lowest BCUT2D eigenvalue weighted by Gasteiger charge is -2.10. The van der Waals surface area contributed by atoms with Crippen molar-refractivity contribution < 1.29 is 23.4 Å². The second kappa shape index (κ2) is 6.00. The Balaban J connectivity index is 2.25. The van der Waals surface area contributed by atoms with Crippen LogP contribution < -0.4 is 4.74 Å². The maximum Gasteiger partial charge on any atom is 0.339 e. The summed E-state index contributed by atoms with van der Waals surface area (Å²) >= 11 is 3.14. The number of hydrogen-bond acceptors (Lipinski definition) is 2. The maximum atomic E-state index is 13.4. The van der Waals surface area contributed by atoms with Gasteiger partial charge in [-0.2, -0.15) is 0 Å². The summed E-state index contributed by atoms with van der Waals surface area (Å²) in [5, 5.41) is 9.05. The molecule has 0 aromatic heterocycles. The van der Waals surface area contributed by atoms with Gasteiger partial charge in [0.05, 0.1) is 5.56 Å². The highest BCUT2D eigenvalue weighted by Crippen LogP contribution is 2.25. The molecule has 0 unspecified atom stereocenters. The summed E-state index contributed by atoms with van der Waals surface area (Å²) in [6, 6.07) is 7.83. The average Bonchev–Trinajstić information content (AvgIpc) is 2.39. The highest BCUT2D eigenvalue weighted by atomic mass is 79.9. The molecule has 0 spiro atoms. The third-order valence-electron chi connectivity index (χ3n) is 2.61. The SMILES string of the molecule is O=C(O)c1cc(Br)ccc1OCc1c(F)cccc1F. The van der Waals surface area contributed by atoms with Gasteiger partial charge in [0.2, 0.25) is 0 Å². The van der Waals surface area contributed by atoms with Crippen LogP contribution in [-0.4, -0.2) is 11.1 Å². The summed E-state index contributed by atoms with van der Waals surface area (Å²) < 4.78 is 32.7. The van der Waals surface area contributed by atoms with Gasteiger partial charge in [-0.05, 0) is 30.3 Å². The maximum absolute atomic E-state index is 13.4. The standard InChI is InChI=1S/C14H9BrF2O3/c15-8-4-5-13(9(6-8)14(18)19)20-7-10-11(16)2-1-3-12(10)17/h1-6H,7H2,(H,18,19). The van der Waals surface area contributed by atoms with Crippen molar-refractivity contribution in [1.82, 2.24) is 0 Å². The summed E-state index contributed by atoms with van der Waals surface area (Å²) in [5.74, 6) is -2.61. The lowest BCUT2D eigenvalue weighted by atomic mass is 10.2. The van der Waals surface area contributed by atoms with Gasteiger partial charge in [-0.1, -0.05) is 22.0 Å². The largest absolute Gasteiger partial charge is 0.488 e. The van der Waals surface area contributed by atoms with Gasteiger partial charge in [0.1, 0.15) is 29.6 Å². The van der Waals surface area contributed by atoms with Crippen molar-refractivity contribution in [1.29, 1.82) is 0 Å². The van der Waals surface area contributed by atoms with Gasteiger partial charge in [0, 0.05) is 4.47 Å². The molecule has 0 radical (unpaired) electrons. The van der Waals surface area contributed by atoms with E-state index in [-0.39, 0.29) is 23.5 Å². The Labute approximate surface area is 121 Å². The Bertz CT molecular complexity index is 639. The molecule has 20 heavy (non-hydrogen) atoms. The molecule has 1 N–H and O–H groups in total. The molecule has 2 aromatic carbocycles. The van der Waals surface area contributed by atoms with Crippen molar-refractivity contribution >= 4 is 21.9 Å². The van der Waals surface area contributed by atoms with Gasteiger partial charge >= 0.3 is 5.97 Å². The van der Waals surface area contributed by atoms with Gasteiger partial charge in [-0.3, -0.25) is 0 Å². The Kier molecular flexibility index (Phi) is 4.34. The zero-order chi connectivity index (χ0) is 14.7. The van der Waals surface area contributed by atoms with Gasteiger partial charge in [0.15, 0.2) is 0 Å². The van der Waals surface area contributed by atoms with Crippen LogP contribution >= 0.6 is 15.9 Å². The number of benzene rings is 2. The van der Waals surface area contributed by atoms with E-state index in [1.54, 1.807) is 6.07 Å². The van der Waals surface area contributed by atoms with E-state index in [1.807, 2.05) is 0 Å². The molecule has 2 aromatic rings. The molecule has 2 rings (SSSR count). The smallest absolute Gasteiger partial charge is 0.339 e. The van der Waals surface area contributed by atoms with E-state index < -0.39 is 17.6 Å². The van der Waals surface area contributed by atoms with Gasteiger partial charge in [-0.15, -0.1) is 0 Å². The zero-order valence-corrected chi connectivity index (χ0v) is 11.7. The first kappa shape index (κ1) is 14.5. The molecule has 104 valence electrons. The number of aromatic carboxylic acids is 1. The summed E-state index contributed by atoms with van der Waals surface area (Å²) in [6.45, 7) is -0.388. The second-order valence-corrected chi connectivity index (χ2v) is 4.85. The van der Waals surface area contributed by atoms with Gasteiger partial charge in [-0.25, -0.2) is 13.6 Å². The summed E-state index contributed by atoms with van der Waals surface area (Å²) in [6.07, 6.45) is 0. The van der Waals surface area contributed by atoms with Crippen LogP contribution in [0.25, 0.3) is 0 Å². The molecule has 0 heterocycles. The van der Waals surface area contributed by atoms with Gasteiger partial charge in [0.25, 0.3) is 0 Å². The van der Waals surface area contributed by atoms with E-state index in [0.717, 1.165) is 12.1 Å². The number of carboxylic acid groups (broad SMARTS) is 1. The van der Waals surface area contributed by atoms with Crippen LogP contribution in [-0.2, 0) is 6.61 Å². The topological polar surface area (TPSA) is 46.5 Å². The number of ether oxygens (including phenoxy) is 1. The van der Waals surface area contributed by atoms with Crippen molar-refractivity contribution in [3.63, 3.8) is 0 Å². The molecule has 0 amide bonds. The quantitative estimate of drug-likeness (QED) is 0.913. The predicted octanol–water partition coefficient (Wildman–Crippen LogP) is 4.00. The van der Waals surface area contributed by atoms with E-state index in [9.17, 15) is 13.6 Å². The van der Waals surface area contributed by atoms with Crippen molar-refractivity contribution in [2.24, 2.45) is 0 Å². The highest BCUT2D eigenvalue weighted by Gasteiger charge is 2.14. The molecule has 0 saturated carbocycles. The first-order chi connectivity index (χ1) is 9.49. The molecule has 0 aliphatic rings. The first-order valence-corrected chi connectivity index (χ1v) is 6.37. The molecule has 6 heteroatoms. The van der Waals surface area contributed by atoms with Crippen LogP contribution in [0.3, 0.4) is 0 Å². The molecule has 3 nitrogen and oxygen atoms in total. The third-order valence-corrected chi connectivity index (χ3v) is 3.10. The average molecular weight is 343 g/mol. The predicted molar refractivity (Wildman–Crippen MR) is 71.8 cm³/mol. The van der Waals surface area contributed by atoms with Crippen molar-refractivity contribution in [3.05, 3.63) is 63.6 Å². The Morgan fingerprint density at radius 1 is 1.20 bits per heavy atom. The zero-order valence-electron chi connectivity index (χ0n) is 10.1. The molecule has 0 saturated heterocycles. The fraction of sp³-hybridized carbons (Fsp3) is 0.0714. The van der Waals surface area contributed by atoms with Crippen molar-refractivity contribution in [2.45, 2.75) is 6.61 Å². The Morgan fingerprint density at radius 3 is 2.45 bits per heavy atom. The minimum absolute atomic E-state index is 0.0448. The van der Waals surface area contributed by atoms with Gasteiger partial charge < -0.3 is 9.84 Å². The third kappa shape index (κ3) is 3.14. The summed E-state index contributed by atoms with van der Waals surface area (Å²) in [7, 11) is 0. The summed E-state index contributed by atoms with van der Waals surface area (Å²) in [5.41, 5.74) is -0.331. The molecular formula is C14H9BrF2O3. The second-order valence-electron chi connectivity index (χ2n) is 3.93. The molecule has 0 bridgehead atoms. The Morgan fingerprint density at radius 2 is 1.85 bits per heavy atom. The molecule has 0 aliphatic heterocycles. The normalized spacial score (nSPS) is 10.3. The van der Waals surface area contributed by atoms with Crippen LogP contribution in [0.1, 0.15) is 15.9 Å². The van der Waals surface area contributed by atoms with E-state index in [1.165, 1.54) is 18.2 Å². The molecule has 0 aliphatic carbocycles. The fourth-order valence-corrected chi connectivity index (χ4v) is 1.98.